The Balaban J connectivity index is 1.35. The fraction of sp³-hybridized carbons (Fsp3) is 0.286. The Hall–Kier alpha value is -2.64. The second kappa shape index (κ2) is 7.41. The fourth-order valence-corrected chi connectivity index (χ4v) is 4.63. The van der Waals surface area contributed by atoms with Gasteiger partial charge >= 0.3 is 0 Å². The van der Waals surface area contributed by atoms with E-state index >= 15 is 0 Å². The number of H-pyrrole nitrogens is 1. The predicted octanol–water partition coefficient (Wildman–Crippen LogP) is 4.60. The topological polar surface area (TPSA) is 57.7 Å². The van der Waals surface area contributed by atoms with Gasteiger partial charge in [0.05, 0.1) is 17.9 Å². The largest absolute Gasteiger partial charge is 0.298 e. The minimum absolute atomic E-state index is 0.221. The van der Waals surface area contributed by atoms with Crippen LogP contribution in [0.2, 0.25) is 0 Å². The molecular formula is C21H20FN5S. The molecule has 0 radical (unpaired) electrons. The maximum absolute atomic E-state index is 13.7. The number of hydrogen-bond donors (Lipinski definition) is 1. The molecule has 0 aliphatic carbocycles. The van der Waals surface area contributed by atoms with Crippen LogP contribution in [0.25, 0.3) is 22.2 Å². The van der Waals surface area contributed by atoms with Crippen molar-refractivity contribution in [2.24, 2.45) is 0 Å². The lowest BCUT2D eigenvalue weighted by Crippen LogP contribution is -2.34. The number of hydrogen-bond acceptors (Lipinski definition) is 5. The minimum atomic E-state index is -0.221. The summed E-state index contributed by atoms with van der Waals surface area (Å²) in [6.07, 6.45) is 4.05. The molecule has 28 heavy (non-hydrogen) atoms. The van der Waals surface area contributed by atoms with Crippen molar-refractivity contribution in [3.63, 3.8) is 0 Å². The standard InChI is InChI=1S/C21H20FN5S/c22-17-5-1-3-15(10-17)18-11-23-24-21(18)16-4-2-8-27(13-16)12-14-6-7-19-20(9-14)26-28-25-19/h1,3,5-7,9-11,16H,2,4,8,12-13H2,(H,23,24)/t16-/m1/s1. The Labute approximate surface area is 166 Å². The van der Waals surface area contributed by atoms with Crippen LogP contribution in [-0.4, -0.2) is 36.9 Å². The van der Waals surface area contributed by atoms with Crippen LogP contribution >= 0.6 is 11.7 Å². The van der Waals surface area contributed by atoms with Crippen molar-refractivity contribution in [3.8, 4) is 11.1 Å². The Morgan fingerprint density at radius 3 is 3.00 bits per heavy atom. The number of nitrogens with one attached hydrogen (secondary N) is 1. The van der Waals surface area contributed by atoms with Gasteiger partial charge < -0.3 is 0 Å². The lowest BCUT2D eigenvalue weighted by Gasteiger charge is -2.32. The molecule has 0 saturated carbocycles. The molecule has 1 saturated heterocycles. The first kappa shape index (κ1) is 17.5. The van der Waals surface area contributed by atoms with E-state index in [4.69, 9.17) is 0 Å². The molecule has 1 fully saturated rings. The van der Waals surface area contributed by atoms with Crippen molar-refractivity contribution < 1.29 is 4.39 Å². The zero-order valence-corrected chi connectivity index (χ0v) is 16.1. The molecule has 3 heterocycles. The first-order valence-corrected chi connectivity index (χ1v) is 10.2. The van der Waals surface area contributed by atoms with Crippen LogP contribution in [0.4, 0.5) is 4.39 Å². The zero-order chi connectivity index (χ0) is 18.9. The smallest absolute Gasteiger partial charge is 0.123 e. The summed E-state index contributed by atoms with van der Waals surface area (Å²) < 4.78 is 22.3. The van der Waals surface area contributed by atoms with Crippen molar-refractivity contribution in [1.82, 2.24) is 23.8 Å². The molecule has 0 bridgehead atoms. The van der Waals surface area contributed by atoms with Gasteiger partial charge in [0.2, 0.25) is 0 Å². The van der Waals surface area contributed by atoms with Crippen molar-refractivity contribution in [3.05, 3.63) is 65.7 Å². The summed E-state index contributed by atoms with van der Waals surface area (Å²) in [6, 6.07) is 13.1. The number of halogens is 1. The summed E-state index contributed by atoms with van der Waals surface area (Å²) in [5.74, 6) is 0.140. The Kier molecular flexibility index (Phi) is 4.62. The van der Waals surface area contributed by atoms with Gasteiger partial charge in [-0.3, -0.25) is 10.00 Å². The molecule has 4 aromatic rings. The summed E-state index contributed by atoms with van der Waals surface area (Å²) in [5.41, 5.74) is 6.18. The highest BCUT2D eigenvalue weighted by Gasteiger charge is 2.25. The summed E-state index contributed by atoms with van der Waals surface area (Å²) in [5, 5.41) is 7.44. The highest BCUT2D eigenvalue weighted by atomic mass is 32.1. The molecule has 0 amide bonds. The van der Waals surface area contributed by atoms with Crippen LogP contribution in [0, 0.1) is 5.82 Å². The van der Waals surface area contributed by atoms with Gasteiger partial charge in [0.1, 0.15) is 16.9 Å². The third-order valence-electron chi connectivity index (χ3n) is 5.44. The normalized spacial score (nSPS) is 18.0. The summed E-state index contributed by atoms with van der Waals surface area (Å²) in [4.78, 5) is 2.48. The summed E-state index contributed by atoms with van der Waals surface area (Å²) in [7, 11) is 0. The number of piperidine rings is 1. The third kappa shape index (κ3) is 3.43. The zero-order valence-electron chi connectivity index (χ0n) is 15.3. The van der Waals surface area contributed by atoms with Gasteiger partial charge in [-0.25, -0.2) is 4.39 Å². The number of rotatable bonds is 4. The molecule has 2 aromatic carbocycles. The van der Waals surface area contributed by atoms with Crippen LogP contribution in [0.3, 0.4) is 0 Å². The van der Waals surface area contributed by atoms with Gasteiger partial charge in [-0.1, -0.05) is 18.2 Å². The molecule has 5 nitrogen and oxygen atoms in total. The Morgan fingerprint density at radius 1 is 1.14 bits per heavy atom. The molecular weight excluding hydrogens is 373 g/mol. The average Bonchev–Trinajstić information content (AvgIpc) is 3.37. The van der Waals surface area contributed by atoms with Crippen molar-refractivity contribution in [1.29, 1.82) is 0 Å². The highest BCUT2D eigenvalue weighted by molar-refractivity contribution is 7.00. The molecule has 1 aliphatic rings. The van der Waals surface area contributed by atoms with Crippen LogP contribution in [0.1, 0.15) is 30.0 Å². The predicted molar refractivity (Wildman–Crippen MR) is 109 cm³/mol. The van der Waals surface area contributed by atoms with E-state index in [1.165, 1.54) is 23.4 Å². The molecule has 5 rings (SSSR count). The fourth-order valence-electron chi connectivity index (χ4n) is 4.11. The number of fused-ring (bicyclic) bond motifs is 1. The summed E-state index contributed by atoms with van der Waals surface area (Å²) in [6.45, 7) is 2.93. The second-order valence-corrected chi connectivity index (χ2v) is 7.90. The SMILES string of the molecule is Fc1cccc(-c2cn[nH]c2[C@@H]2CCCN(Cc3ccc4nsnc4c3)C2)c1. The first-order chi connectivity index (χ1) is 13.8. The molecule has 142 valence electrons. The monoisotopic (exact) mass is 393 g/mol. The Morgan fingerprint density at radius 2 is 2.07 bits per heavy atom. The molecule has 2 aromatic heterocycles. The van der Waals surface area contributed by atoms with Gasteiger partial charge in [-0.15, -0.1) is 0 Å². The average molecular weight is 393 g/mol. The lowest BCUT2D eigenvalue weighted by molar-refractivity contribution is 0.198. The van der Waals surface area contributed by atoms with E-state index in [1.54, 1.807) is 12.1 Å². The molecule has 0 unspecified atom stereocenters. The number of nitrogens with zero attached hydrogens (tertiary/aromatic N) is 4. The molecule has 7 heteroatoms. The Bertz CT molecular complexity index is 1100. The van der Waals surface area contributed by atoms with E-state index < -0.39 is 0 Å². The lowest BCUT2D eigenvalue weighted by atomic mass is 9.90. The molecule has 1 aliphatic heterocycles. The van der Waals surface area contributed by atoms with E-state index in [2.05, 4.69) is 36.0 Å². The van der Waals surface area contributed by atoms with Crippen molar-refractivity contribution in [2.45, 2.75) is 25.3 Å². The number of aromatic nitrogens is 4. The van der Waals surface area contributed by atoms with Crippen LogP contribution < -0.4 is 0 Å². The molecule has 0 spiro atoms. The van der Waals surface area contributed by atoms with E-state index in [0.29, 0.717) is 5.92 Å². The number of likely N-dealkylation sites (tertiary alicyclic amines) is 1. The van der Waals surface area contributed by atoms with E-state index in [1.807, 2.05) is 18.3 Å². The van der Waals surface area contributed by atoms with Crippen LogP contribution in [0.5, 0.6) is 0 Å². The van der Waals surface area contributed by atoms with Gasteiger partial charge in [0.15, 0.2) is 0 Å². The maximum atomic E-state index is 13.7. The number of aromatic amines is 1. The minimum Gasteiger partial charge on any atom is -0.298 e. The first-order valence-electron chi connectivity index (χ1n) is 9.49. The van der Waals surface area contributed by atoms with Gasteiger partial charge in [0, 0.05) is 30.3 Å². The highest BCUT2D eigenvalue weighted by Crippen LogP contribution is 2.33. The summed E-state index contributed by atoms with van der Waals surface area (Å²) >= 11 is 1.26. The van der Waals surface area contributed by atoms with Crippen LogP contribution in [-0.2, 0) is 6.54 Å². The van der Waals surface area contributed by atoms with Gasteiger partial charge in [-0.2, -0.15) is 13.8 Å². The quantitative estimate of drug-likeness (QED) is 0.550. The van der Waals surface area contributed by atoms with Gasteiger partial charge in [0.25, 0.3) is 0 Å². The van der Waals surface area contributed by atoms with Crippen molar-refractivity contribution >= 4 is 22.8 Å². The second-order valence-electron chi connectivity index (χ2n) is 7.37. The van der Waals surface area contributed by atoms with E-state index in [-0.39, 0.29) is 5.82 Å². The van der Waals surface area contributed by atoms with E-state index in [9.17, 15) is 4.39 Å². The molecule has 1 atom stereocenters. The van der Waals surface area contributed by atoms with E-state index in [0.717, 1.165) is 60.3 Å². The molecule has 1 N–H and O–H groups in total. The third-order valence-corrected chi connectivity index (χ3v) is 6.00. The van der Waals surface area contributed by atoms with Crippen LogP contribution in [0.15, 0.2) is 48.7 Å². The van der Waals surface area contributed by atoms with Gasteiger partial charge in [-0.05, 0) is 54.8 Å². The maximum Gasteiger partial charge on any atom is 0.123 e. The number of benzene rings is 2. The van der Waals surface area contributed by atoms with Crippen molar-refractivity contribution in [2.75, 3.05) is 13.1 Å².